The summed E-state index contributed by atoms with van der Waals surface area (Å²) < 4.78 is 0. The average Bonchev–Trinajstić information content (AvgIpc) is 2.73. The number of hydrogen-bond donors (Lipinski definition) is 2. The molecule has 1 aliphatic carbocycles. The van der Waals surface area contributed by atoms with Crippen LogP contribution >= 0.6 is 0 Å². The van der Waals surface area contributed by atoms with Gasteiger partial charge in [0.1, 0.15) is 5.82 Å². The van der Waals surface area contributed by atoms with Gasteiger partial charge < -0.3 is 10.6 Å². The minimum absolute atomic E-state index is 0.0470. The zero-order valence-corrected chi connectivity index (χ0v) is 16.1. The molecular weight excluding hydrogens is 352 g/mol. The molecule has 0 aliphatic heterocycles. The van der Waals surface area contributed by atoms with E-state index in [-0.39, 0.29) is 17.7 Å². The molecule has 0 bridgehead atoms. The largest absolute Gasteiger partial charge is 0.355 e. The first kappa shape index (κ1) is 19.7. The fourth-order valence-electron chi connectivity index (χ4n) is 3.25. The van der Waals surface area contributed by atoms with E-state index < -0.39 is 0 Å². The molecule has 1 unspecified atom stereocenters. The second-order valence-electron chi connectivity index (χ2n) is 6.97. The number of carbonyl (C=O) groups is 2. The number of aryl methyl sites for hydroxylation is 1. The molecule has 0 saturated carbocycles. The highest BCUT2D eigenvalue weighted by Crippen LogP contribution is 2.18. The smallest absolute Gasteiger partial charge is 0.254 e. The molecule has 6 heteroatoms. The summed E-state index contributed by atoms with van der Waals surface area (Å²) in [5.41, 5.74) is 2.14. The minimum atomic E-state index is -0.206. The van der Waals surface area contributed by atoms with Crippen LogP contribution in [0.25, 0.3) is 0 Å². The van der Waals surface area contributed by atoms with Crippen molar-refractivity contribution in [1.29, 1.82) is 0 Å². The highest BCUT2D eigenvalue weighted by atomic mass is 16.2. The Labute approximate surface area is 165 Å². The van der Waals surface area contributed by atoms with Gasteiger partial charge in [-0.05, 0) is 31.7 Å². The van der Waals surface area contributed by atoms with Crippen molar-refractivity contribution < 1.29 is 9.59 Å². The van der Waals surface area contributed by atoms with Gasteiger partial charge in [0.25, 0.3) is 5.91 Å². The fraction of sp³-hybridized carbons (Fsp3) is 0.364. The summed E-state index contributed by atoms with van der Waals surface area (Å²) in [7, 11) is 0. The molecule has 0 saturated heterocycles. The Hall–Kier alpha value is -3.02. The van der Waals surface area contributed by atoms with Crippen LogP contribution in [0.2, 0.25) is 0 Å². The van der Waals surface area contributed by atoms with Crippen LogP contribution in [0.15, 0.2) is 48.7 Å². The summed E-state index contributed by atoms with van der Waals surface area (Å²) >= 11 is 0. The number of carbonyl (C=O) groups excluding carboxylic acids is 2. The molecule has 1 atom stereocenters. The predicted octanol–water partition coefficient (Wildman–Crippen LogP) is 2.73. The summed E-state index contributed by atoms with van der Waals surface area (Å²) in [4.78, 5) is 33.5. The molecule has 2 aromatic rings. The lowest BCUT2D eigenvalue weighted by Crippen LogP contribution is -2.33. The zero-order valence-electron chi connectivity index (χ0n) is 16.1. The summed E-state index contributed by atoms with van der Waals surface area (Å²) in [5, 5.41) is 5.89. The Bertz CT molecular complexity index is 849. The van der Waals surface area contributed by atoms with Crippen molar-refractivity contribution in [3.8, 4) is 0 Å². The van der Waals surface area contributed by atoms with E-state index in [1.165, 1.54) is 0 Å². The normalized spacial score (nSPS) is 15.8. The standard InChI is InChI=1S/C22H26N4O2/c1-16-24-15-19(22(28)25-14-17-8-4-2-5-9-17)20(26-16)12-13-23-21(27)18-10-6-3-7-11-18/h2-6,8-9,15,18H,7,10-14H2,1H3,(H,23,27)(H,25,28). The Morgan fingerprint density at radius 1 is 1.14 bits per heavy atom. The van der Waals surface area contributed by atoms with E-state index in [4.69, 9.17) is 0 Å². The van der Waals surface area contributed by atoms with E-state index >= 15 is 0 Å². The molecule has 146 valence electrons. The number of benzene rings is 1. The van der Waals surface area contributed by atoms with Gasteiger partial charge in [-0.2, -0.15) is 0 Å². The molecule has 3 rings (SSSR count). The van der Waals surface area contributed by atoms with Gasteiger partial charge in [0.15, 0.2) is 0 Å². The molecule has 1 aromatic heterocycles. The van der Waals surface area contributed by atoms with Gasteiger partial charge in [-0.3, -0.25) is 9.59 Å². The lowest BCUT2D eigenvalue weighted by atomic mass is 9.93. The van der Waals surface area contributed by atoms with Crippen molar-refractivity contribution in [2.75, 3.05) is 6.54 Å². The van der Waals surface area contributed by atoms with Crippen molar-refractivity contribution in [3.05, 3.63) is 71.3 Å². The van der Waals surface area contributed by atoms with Gasteiger partial charge in [-0.1, -0.05) is 42.5 Å². The second kappa shape index (κ2) is 9.78. The number of allylic oxidation sites excluding steroid dienone is 2. The van der Waals surface area contributed by atoms with E-state index in [1.54, 1.807) is 13.1 Å². The lowest BCUT2D eigenvalue weighted by molar-refractivity contribution is -0.125. The Morgan fingerprint density at radius 2 is 1.96 bits per heavy atom. The number of aromatic nitrogens is 2. The van der Waals surface area contributed by atoms with Crippen LogP contribution in [0.1, 0.15) is 46.7 Å². The van der Waals surface area contributed by atoms with Crippen LogP contribution < -0.4 is 10.6 Å². The molecule has 28 heavy (non-hydrogen) atoms. The first-order valence-corrected chi connectivity index (χ1v) is 9.71. The third kappa shape index (κ3) is 5.49. The van der Waals surface area contributed by atoms with Gasteiger partial charge in [0, 0.05) is 31.6 Å². The van der Waals surface area contributed by atoms with Gasteiger partial charge in [-0.25, -0.2) is 9.97 Å². The summed E-state index contributed by atoms with van der Waals surface area (Å²) in [5.74, 6) is 0.525. The summed E-state index contributed by atoms with van der Waals surface area (Å²) in [6.07, 6.45) is 8.88. The SMILES string of the molecule is Cc1ncc(C(=O)NCc2ccccc2)c(CCNC(=O)C2CC=CCC2)n1. The van der Waals surface area contributed by atoms with Gasteiger partial charge in [-0.15, -0.1) is 0 Å². The first-order valence-electron chi connectivity index (χ1n) is 9.71. The Balaban J connectivity index is 1.57. The maximum atomic E-state index is 12.6. The number of rotatable bonds is 7. The molecule has 2 amide bonds. The van der Waals surface area contributed by atoms with Crippen molar-refractivity contribution in [1.82, 2.24) is 20.6 Å². The minimum Gasteiger partial charge on any atom is -0.355 e. The molecule has 1 aromatic carbocycles. The molecule has 1 aliphatic rings. The van der Waals surface area contributed by atoms with E-state index in [9.17, 15) is 9.59 Å². The van der Waals surface area contributed by atoms with Gasteiger partial charge >= 0.3 is 0 Å². The maximum absolute atomic E-state index is 12.6. The van der Waals surface area contributed by atoms with Crippen LogP contribution in [0, 0.1) is 12.8 Å². The monoisotopic (exact) mass is 378 g/mol. The number of nitrogens with one attached hydrogen (secondary N) is 2. The second-order valence-corrected chi connectivity index (χ2v) is 6.97. The van der Waals surface area contributed by atoms with Crippen molar-refractivity contribution >= 4 is 11.8 Å². The maximum Gasteiger partial charge on any atom is 0.254 e. The van der Waals surface area contributed by atoms with Crippen LogP contribution in [-0.2, 0) is 17.8 Å². The topological polar surface area (TPSA) is 84.0 Å². The molecule has 1 heterocycles. The van der Waals surface area contributed by atoms with E-state index in [1.807, 2.05) is 30.3 Å². The van der Waals surface area contributed by atoms with Crippen LogP contribution in [0.4, 0.5) is 0 Å². The zero-order chi connectivity index (χ0) is 19.8. The molecular formula is C22H26N4O2. The highest BCUT2D eigenvalue weighted by Gasteiger charge is 2.19. The number of nitrogens with zero attached hydrogens (tertiary/aromatic N) is 2. The molecule has 6 nitrogen and oxygen atoms in total. The quantitative estimate of drug-likeness (QED) is 0.726. The highest BCUT2D eigenvalue weighted by molar-refractivity contribution is 5.95. The van der Waals surface area contributed by atoms with Crippen molar-refractivity contribution in [2.24, 2.45) is 5.92 Å². The number of amides is 2. The van der Waals surface area contributed by atoms with E-state index in [0.717, 1.165) is 24.8 Å². The fourth-order valence-corrected chi connectivity index (χ4v) is 3.25. The van der Waals surface area contributed by atoms with Crippen molar-refractivity contribution in [3.63, 3.8) is 0 Å². The van der Waals surface area contributed by atoms with Crippen LogP contribution in [-0.4, -0.2) is 28.3 Å². The van der Waals surface area contributed by atoms with E-state index in [0.29, 0.717) is 36.6 Å². The van der Waals surface area contributed by atoms with Crippen LogP contribution in [0.5, 0.6) is 0 Å². The summed E-state index contributed by atoms with van der Waals surface area (Å²) in [6, 6.07) is 9.74. The number of hydrogen-bond acceptors (Lipinski definition) is 4. The van der Waals surface area contributed by atoms with E-state index in [2.05, 4.69) is 32.8 Å². The third-order valence-electron chi connectivity index (χ3n) is 4.83. The van der Waals surface area contributed by atoms with Crippen molar-refractivity contribution in [2.45, 2.75) is 39.2 Å². The molecule has 0 spiro atoms. The Morgan fingerprint density at radius 3 is 2.71 bits per heavy atom. The third-order valence-corrected chi connectivity index (χ3v) is 4.83. The van der Waals surface area contributed by atoms with Crippen LogP contribution in [0.3, 0.4) is 0 Å². The predicted molar refractivity (Wildman–Crippen MR) is 108 cm³/mol. The molecule has 0 fully saturated rings. The molecule has 0 radical (unpaired) electrons. The average molecular weight is 378 g/mol. The van der Waals surface area contributed by atoms with Gasteiger partial charge in [0.2, 0.25) is 5.91 Å². The lowest BCUT2D eigenvalue weighted by Gasteiger charge is -2.17. The summed E-state index contributed by atoms with van der Waals surface area (Å²) in [6.45, 7) is 2.69. The molecule has 2 N–H and O–H groups in total. The first-order chi connectivity index (χ1) is 13.6. The van der Waals surface area contributed by atoms with Gasteiger partial charge in [0.05, 0.1) is 11.3 Å². The Kier molecular flexibility index (Phi) is 6.89.